The zero-order valence-electron chi connectivity index (χ0n) is 7.76. The van der Waals surface area contributed by atoms with Crippen LogP contribution < -0.4 is 5.73 Å². The SMILES string of the molecule is N#CCC(O)C(O)c1ccc(N)c(Cl)n1. The summed E-state index contributed by atoms with van der Waals surface area (Å²) in [7, 11) is 0. The average molecular weight is 228 g/mol. The zero-order valence-corrected chi connectivity index (χ0v) is 8.52. The summed E-state index contributed by atoms with van der Waals surface area (Å²) >= 11 is 5.65. The molecule has 1 aromatic heterocycles. The Morgan fingerprint density at radius 2 is 2.20 bits per heavy atom. The quantitative estimate of drug-likeness (QED) is 0.657. The highest BCUT2D eigenvalue weighted by Crippen LogP contribution is 2.22. The van der Waals surface area contributed by atoms with Crippen molar-refractivity contribution in [2.45, 2.75) is 18.6 Å². The largest absolute Gasteiger partial charge is 0.396 e. The minimum absolute atomic E-state index is 0.0655. The Balaban J connectivity index is 2.87. The third-order valence-electron chi connectivity index (χ3n) is 1.87. The molecule has 0 bridgehead atoms. The minimum atomic E-state index is -1.23. The van der Waals surface area contributed by atoms with Crippen molar-refractivity contribution in [3.8, 4) is 6.07 Å². The van der Waals surface area contributed by atoms with Crippen molar-refractivity contribution in [3.63, 3.8) is 0 Å². The summed E-state index contributed by atoms with van der Waals surface area (Å²) in [5.74, 6) is 0. The summed E-state index contributed by atoms with van der Waals surface area (Å²) in [6.07, 6.45) is -2.59. The van der Waals surface area contributed by atoms with Crippen LogP contribution in [0.1, 0.15) is 18.2 Å². The molecule has 1 rings (SSSR count). The van der Waals surface area contributed by atoms with Gasteiger partial charge >= 0.3 is 0 Å². The number of nitriles is 1. The molecular formula is C9H10ClN3O2. The normalized spacial score (nSPS) is 14.3. The molecule has 4 N–H and O–H groups in total. The van der Waals surface area contributed by atoms with Gasteiger partial charge < -0.3 is 15.9 Å². The van der Waals surface area contributed by atoms with Crippen LogP contribution in [-0.2, 0) is 0 Å². The number of hydrogen-bond donors (Lipinski definition) is 3. The highest BCUT2D eigenvalue weighted by molar-refractivity contribution is 6.31. The molecule has 6 heteroatoms. The first-order valence-electron chi connectivity index (χ1n) is 4.21. The smallest absolute Gasteiger partial charge is 0.152 e. The van der Waals surface area contributed by atoms with Crippen LogP contribution in [0, 0.1) is 11.3 Å². The lowest BCUT2D eigenvalue weighted by Crippen LogP contribution is -2.18. The number of rotatable bonds is 3. The molecule has 1 heterocycles. The van der Waals surface area contributed by atoms with E-state index < -0.39 is 12.2 Å². The van der Waals surface area contributed by atoms with Crippen molar-refractivity contribution < 1.29 is 10.2 Å². The van der Waals surface area contributed by atoms with Crippen LogP contribution in [0.25, 0.3) is 0 Å². The zero-order chi connectivity index (χ0) is 11.4. The number of pyridine rings is 1. The Hall–Kier alpha value is -1.35. The van der Waals surface area contributed by atoms with Crippen molar-refractivity contribution in [1.82, 2.24) is 4.98 Å². The van der Waals surface area contributed by atoms with Gasteiger partial charge in [0.25, 0.3) is 0 Å². The molecule has 0 aromatic carbocycles. The van der Waals surface area contributed by atoms with Gasteiger partial charge in [0.15, 0.2) is 5.15 Å². The molecule has 0 amide bonds. The van der Waals surface area contributed by atoms with E-state index in [-0.39, 0.29) is 17.3 Å². The first kappa shape index (κ1) is 11.7. The summed E-state index contributed by atoms with van der Waals surface area (Å²) in [6.45, 7) is 0. The number of nitrogens with two attached hydrogens (primary N) is 1. The molecule has 2 atom stereocenters. The number of halogens is 1. The van der Waals surface area contributed by atoms with Crippen LogP contribution in [0.3, 0.4) is 0 Å². The van der Waals surface area contributed by atoms with Gasteiger partial charge in [-0.3, -0.25) is 0 Å². The van der Waals surface area contributed by atoms with Gasteiger partial charge in [-0.05, 0) is 12.1 Å². The fourth-order valence-electron chi connectivity index (χ4n) is 1.03. The fraction of sp³-hybridized carbons (Fsp3) is 0.333. The van der Waals surface area contributed by atoms with Crippen LogP contribution in [0.2, 0.25) is 5.15 Å². The second kappa shape index (κ2) is 4.94. The van der Waals surface area contributed by atoms with E-state index in [9.17, 15) is 10.2 Å². The predicted molar refractivity (Wildman–Crippen MR) is 54.9 cm³/mol. The van der Waals surface area contributed by atoms with Gasteiger partial charge in [-0.15, -0.1) is 0 Å². The van der Waals surface area contributed by atoms with E-state index in [1.54, 1.807) is 6.07 Å². The Labute approximate surface area is 91.7 Å². The summed E-state index contributed by atoms with van der Waals surface area (Å²) < 4.78 is 0. The van der Waals surface area contributed by atoms with Crippen LogP contribution in [0.15, 0.2) is 12.1 Å². The van der Waals surface area contributed by atoms with Crippen LogP contribution in [-0.4, -0.2) is 21.3 Å². The predicted octanol–water partition coefficient (Wildman–Crippen LogP) is 0.625. The first-order chi connectivity index (χ1) is 7.06. The Bertz CT molecular complexity index is 391. The number of aromatic nitrogens is 1. The first-order valence-corrected chi connectivity index (χ1v) is 4.59. The highest BCUT2D eigenvalue weighted by atomic mass is 35.5. The lowest BCUT2D eigenvalue weighted by atomic mass is 10.1. The number of aliphatic hydroxyl groups excluding tert-OH is 2. The van der Waals surface area contributed by atoms with E-state index in [4.69, 9.17) is 22.6 Å². The Morgan fingerprint density at radius 1 is 1.53 bits per heavy atom. The van der Waals surface area contributed by atoms with Crippen LogP contribution >= 0.6 is 11.6 Å². The van der Waals surface area contributed by atoms with E-state index in [0.29, 0.717) is 5.69 Å². The molecule has 0 saturated carbocycles. The Morgan fingerprint density at radius 3 is 2.73 bits per heavy atom. The molecule has 0 saturated heterocycles. The monoisotopic (exact) mass is 227 g/mol. The molecule has 0 fully saturated rings. The number of nitrogen functional groups attached to an aromatic ring is 1. The number of anilines is 1. The van der Waals surface area contributed by atoms with Crippen molar-refractivity contribution in [1.29, 1.82) is 5.26 Å². The van der Waals surface area contributed by atoms with Crippen LogP contribution in [0.5, 0.6) is 0 Å². The summed E-state index contributed by atoms with van der Waals surface area (Å²) in [5, 5.41) is 27.3. The maximum absolute atomic E-state index is 9.57. The van der Waals surface area contributed by atoms with Gasteiger partial charge in [-0.1, -0.05) is 11.6 Å². The maximum Gasteiger partial charge on any atom is 0.152 e. The molecule has 0 aliphatic rings. The molecule has 5 nitrogen and oxygen atoms in total. The number of hydrogen-bond acceptors (Lipinski definition) is 5. The van der Waals surface area contributed by atoms with Gasteiger partial charge in [-0.2, -0.15) is 5.26 Å². The molecule has 0 aliphatic carbocycles. The van der Waals surface area contributed by atoms with Gasteiger partial charge in [0.05, 0.1) is 30.0 Å². The number of nitrogens with zero attached hydrogens (tertiary/aromatic N) is 2. The molecule has 0 spiro atoms. The van der Waals surface area contributed by atoms with Crippen molar-refractivity contribution in [2.75, 3.05) is 5.73 Å². The third-order valence-corrected chi connectivity index (χ3v) is 2.17. The van der Waals surface area contributed by atoms with E-state index >= 15 is 0 Å². The lowest BCUT2D eigenvalue weighted by molar-refractivity contribution is 0.0190. The number of aliphatic hydroxyl groups is 2. The molecule has 80 valence electrons. The summed E-state index contributed by atoms with van der Waals surface area (Å²) in [6, 6.07) is 4.68. The molecular weight excluding hydrogens is 218 g/mol. The topological polar surface area (TPSA) is 103 Å². The van der Waals surface area contributed by atoms with Crippen molar-refractivity contribution >= 4 is 17.3 Å². The Kier molecular flexibility index (Phi) is 3.86. The second-order valence-corrected chi connectivity index (χ2v) is 3.35. The standard InChI is InChI=1S/C9H10ClN3O2/c10-9-5(12)1-2-6(13-9)8(15)7(14)3-4-11/h1-2,7-8,14-15H,3,12H2. The van der Waals surface area contributed by atoms with Crippen molar-refractivity contribution in [2.24, 2.45) is 0 Å². The lowest BCUT2D eigenvalue weighted by Gasteiger charge is -2.14. The molecule has 2 unspecified atom stereocenters. The van der Waals surface area contributed by atoms with E-state index in [1.165, 1.54) is 12.1 Å². The summed E-state index contributed by atoms with van der Waals surface area (Å²) in [5.41, 5.74) is 5.92. The van der Waals surface area contributed by atoms with Gasteiger partial charge in [0, 0.05) is 0 Å². The van der Waals surface area contributed by atoms with E-state index in [1.807, 2.05) is 0 Å². The van der Waals surface area contributed by atoms with Gasteiger partial charge in [0.2, 0.25) is 0 Å². The molecule has 1 aromatic rings. The average Bonchev–Trinajstić information content (AvgIpc) is 2.21. The molecule has 15 heavy (non-hydrogen) atoms. The summed E-state index contributed by atoms with van der Waals surface area (Å²) in [4.78, 5) is 3.80. The highest BCUT2D eigenvalue weighted by Gasteiger charge is 2.19. The van der Waals surface area contributed by atoms with E-state index in [2.05, 4.69) is 4.98 Å². The second-order valence-electron chi connectivity index (χ2n) is 2.99. The molecule has 0 aliphatic heterocycles. The third kappa shape index (κ3) is 2.80. The van der Waals surface area contributed by atoms with Gasteiger partial charge in [-0.25, -0.2) is 4.98 Å². The molecule has 0 radical (unpaired) electrons. The maximum atomic E-state index is 9.57. The van der Waals surface area contributed by atoms with E-state index in [0.717, 1.165) is 0 Å². The van der Waals surface area contributed by atoms with Crippen molar-refractivity contribution in [3.05, 3.63) is 23.0 Å². The van der Waals surface area contributed by atoms with Gasteiger partial charge in [0.1, 0.15) is 6.10 Å². The minimum Gasteiger partial charge on any atom is -0.396 e. The van der Waals surface area contributed by atoms with Crippen LogP contribution in [0.4, 0.5) is 5.69 Å². The fourth-order valence-corrected chi connectivity index (χ4v) is 1.19.